The maximum atomic E-state index is 13.6. The number of halogens is 4. The highest BCUT2D eigenvalue weighted by molar-refractivity contribution is 5.83. The van der Waals surface area contributed by atoms with Crippen molar-refractivity contribution in [3.63, 3.8) is 0 Å². The summed E-state index contributed by atoms with van der Waals surface area (Å²) >= 11 is 0. The van der Waals surface area contributed by atoms with Crippen LogP contribution in [-0.4, -0.2) is 12.1 Å². The van der Waals surface area contributed by atoms with Gasteiger partial charge in [0.15, 0.2) is 0 Å². The summed E-state index contributed by atoms with van der Waals surface area (Å²) in [6.45, 7) is 0.0890. The number of hydrazone groups is 1. The predicted octanol–water partition coefficient (Wildman–Crippen LogP) is 5.12. The highest BCUT2D eigenvalue weighted by Gasteiger charge is 2.30. The van der Waals surface area contributed by atoms with Gasteiger partial charge in [-0.05, 0) is 47.5 Å². The van der Waals surface area contributed by atoms with E-state index in [0.717, 1.165) is 12.1 Å². The van der Waals surface area contributed by atoms with Crippen molar-refractivity contribution in [2.45, 2.75) is 19.2 Å². The Morgan fingerprint density at radius 1 is 1.00 bits per heavy atom. The molecule has 0 fully saturated rings. The smallest absolute Gasteiger partial charge is 0.416 e. The Morgan fingerprint density at radius 2 is 1.74 bits per heavy atom. The lowest BCUT2D eigenvalue weighted by atomic mass is 10.1. The molecule has 0 aliphatic carbocycles. The van der Waals surface area contributed by atoms with Gasteiger partial charge >= 0.3 is 6.18 Å². The number of alkyl halides is 3. The first kappa shape index (κ1) is 22.0. The maximum Gasteiger partial charge on any atom is 0.416 e. The Hall–Kier alpha value is -3.68. The van der Waals surface area contributed by atoms with Gasteiger partial charge in [0, 0.05) is 5.56 Å². The van der Waals surface area contributed by atoms with Crippen molar-refractivity contribution < 1.29 is 27.1 Å². The summed E-state index contributed by atoms with van der Waals surface area (Å²) < 4.78 is 57.3. The Balaban J connectivity index is 1.49. The second-order valence-corrected chi connectivity index (χ2v) is 6.62. The van der Waals surface area contributed by atoms with Crippen molar-refractivity contribution in [2.75, 3.05) is 0 Å². The van der Waals surface area contributed by atoms with Crippen LogP contribution < -0.4 is 10.2 Å². The van der Waals surface area contributed by atoms with Gasteiger partial charge in [-0.2, -0.15) is 18.3 Å². The van der Waals surface area contributed by atoms with E-state index in [2.05, 4.69) is 10.5 Å². The summed E-state index contributed by atoms with van der Waals surface area (Å²) in [6, 6.07) is 17.6. The molecular formula is C23H18F4N2O2. The van der Waals surface area contributed by atoms with Crippen molar-refractivity contribution in [3.8, 4) is 5.75 Å². The zero-order valence-electron chi connectivity index (χ0n) is 16.2. The Labute approximate surface area is 176 Å². The van der Waals surface area contributed by atoms with Gasteiger partial charge in [0.05, 0.1) is 18.2 Å². The lowest BCUT2D eigenvalue weighted by Gasteiger charge is -2.08. The number of benzene rings is 3. The van der Waals surface area contributed by atoms with Crippen LogP contribution in [0.4, 0.5) is 17.6 Å². The molecule has 4 nitrogen and oxygen atoms in total. The Kier molecular flexibility index (Phi) is 7.02. The number of hydrogen-bond donors (Lipinski definition) is 1. The number of rotatable bonds is 7. The van der Waals surface area contributed by atoms with Crippen LogP contribution in [0.2, 0.25) is 0 Å². The third-order valence-electron chi connectivity index (χ3n) is 4.25. The van der Waals surface area contributed by atoms with Gasteiger partial charge in [-0.15, -0.1) is 0 Å². The first-order chi connectivity index (χ1) is 14.8. The van der Waals surface area contributed by atoms with Crippen molar-refractivity contribution >= 4 is 12.1 Å². The lowest BCUT2D eigenvalue weighted by Crippen LogP contribution is -2.20. The molecule has 0 aliphatic heterocycles. The standard InChI is InChI=1S/C23H18F4N2O2/c24-21-7-2-1-5-18(21)15-31-20-10-8-16(9-11-20)14-28-29-22(30)13-17-4-3-6-19(12-17)23(25,26)27/h1-12,14H,13,15H2,(H,29,30). The van der Waals surface area contributed by atoms with E-state index in [1.54, 1.807) is 42.5 Å². The zero-order chi connectivity index (χ0) is 22.3. The number of nitrogens with zero attached hydrogens (tertiary/aromatic N) is 1. The average Bonchev–Trinajstić information content (AvgIpc) is 2.74. The minimum atomic E-state index is -4.46. The minimum absolute atomic E-state index is 0.0890. The topological polar surface area (TPSA) is 50.7 Å². The predicted molar refractivity (Wildman–Crippen MR) is 108 cm³/mol. The molecule has 3 aromatic carbocycles. The SMILES string of the molecule is O=C(Cc1cccc(C(F)(F)F)c1)NN=Cc1ccc(OCc2ccccc2F)cc1. The van der Waals surface area contributed by atoms with E-state index >= 15 is 0 Å². The second kappa shape index (κ2) is 9.88. The fourth-order valence-corrected chi connectivity index (χ4v) is 2.69. The molecule has 0 bridgehead atoms. The molecule has 3 aromatic rings. The number of carbonyl (C=O) groups excluding carboxylic acids is 1. The maximum absolute atomic E-state index is 13.6. The molecule has 0 spiro atoms. The van der Waals surface area contributed by atoms with E-state index in [4.69, 9.17) is 4.74 Å². The van der Waals surface area contributed by atoms with E-state index in [9.17, 15) is 22.4 Å². The fourth-order valence-electron chi connectivity index (χ4n) is 2.69. The summed E-state index contributed by atoms with van der Waals surface area (Å²) in [7, 11) is 0. The zero-order valence-corrected chi connectivity index (χ0v) is 16.2. The average molecular weight is 430 g/mol. The molecule has 160 valence electrons. The number of carbonyl (C=O) groups is 1. The Morgan fingerprint density at radius 3 is 2.45 bits per heavy atom. The minimum Gasteiger partial charge on any atom is -0.489 e. The molecule has 8 heteroatoms. The van der Waals surface area contributed by atoms with Gasteiger partial charge < -0.3 is 4.74 Å². The summed E-state index contributed by atoms with van der Waals surface area (Å²) in [5.74, 6) is -0.346. The lowest BCUT2D eigenvalue weighted by molar-refractivity contribution is -0.137. The molecule has 0 saturated heterocycles. The summed E-state index contributed by atoms with van der Waals surface area (Å²) in [4.78, 5) is 11.9. The van der Waals surface area contributed by atoms with Gasteiger partial charge in [0.1, 0.15) is 18.2 Å². The molecule has 0 atom stereocenters. The number of nitrogens with one attached hydrogen (secondary N) is 1. The normalized spacial score (nSPS) is 11.5. The van der Waals surface area contributed by atoms with E-state index in [1.165, 1.54) is 24.4 Å². The highest BCUT2D eigenvalue weighted by atomic mass is 19.4. The monoisotopic (exact) mass is 430 g/mol. The van der Waals surface area contributed by atoms with Gasteiger partial charge in [-0.1, -0.05) is 36.4 Å². The van der Waals surface area contributed by atoms with E-state index in [-0.39, 0.29) is 24.4 Å². The van der Waals surface area contributed by atoms with E-state index < -0.39 is 17.6 Å². The molecule has 0 aromatic heterocycles. The fraction of sp³-hybridized carbons (Fsp3) is 0.130. The largest absolute Gasteiger partial charge is 0.489 e. The third kappa shape index (κ3) is 6.67. The van der Waals surface area contributed by atoms with Crippen LogP contribution in [0.15, 0.2) is 77.9 Å². The molecule has 31 heavy (non-hydrogen) atoms. The molecule has 0 unspecified atom stereocenters. The second-order valence-electron chi connectivity index (χ2n) is 6.62. The van der Waals surface area contributed by atoms with Crippen LogP contribution in [-0.2, 0) is 24.0 Å². The van der Waals surface area contributed by atoms with E-state index in [0.29, 0.717) is 16.9 Å². The van der Waals surface area contributed by atoms with Crippen molar-refractivity contribution in [2.24, 2.45) is 5.10 Å². The van der Waals surface area contributed by atoms with Crippen molar-refractivity contribution in [3.05, 3.63) is 101 Å². The molecule has 0 aliphatic rings. The first-order valence-corrected chi connectivity index (χ1v) is 9.25. The van der Waals surface area contributed by atoms with Crippen LogP contribution >= 0.6 is 0 Å². The molecule has 1 N–H and O–H groups in total. The van der Waals surface area contributed by atoms with Crippen LogP contribution in [0.1, 0.15) is 22.3 Å². The Bertz CT molecular complexity index is 1060. The van der Waals surface area contributed by atoms with Crippen LogP contribution in [0.5, 0.6) is 5.75 Å². The third-order valence-corrected chi connectivity index (χ3v) is 4.25. The van der Waals surface area contributed by atoms with Crippen LogP contribution in [0.25, 0.3) is 0 Å². The highest BCUT2D eigenvalue weighted by Crippen LogP contribution is 2.29. The molecule has 1 amide bonds. The van der Waals surface area contributed by atoms with Crippen molar-refractivity contribution in [1.82, 2.24) is 5.43 Å². The number of amides is 1. The molecule has 3 rings (SSSR count). The quantitative estimate of drug-likeness (QED) is 0.322. The molecule has 0 radical (unpaired) electrons. The molecule has 0 heterocycles. The van der Waals surface area contributed by atoms with Crippen molar-refractivity contribution in [1.29, 1.82) is 0 Å². The van der Waals surface area contributed by atoms with Gasteiger partial charge in [-0.3, -0.25) is 4.79 Å². The van der Waals surface area contributed by atoms with Crippen LogP contribution in [0.3, 0.4) is 0 Å². The van der Waals surface area contributed by atoms with Gasteiger partial charge in [0.2, 0.25) is 5.91 Å². The van der Waals surface area contributed by atoms with E-state index in [1.807, 2.05) is 0 Å². The molecular weight excluding hydrogens is 412 g/mol. The van der Waals surface area contributed by atoms with Gasteiger partial charge in [-0.25, -0.2) is 9.82 Å². The van der Waals surface area contributed by atoms with Crippen LogP contribution in [0, 0.1) is 5.82 Å². The first-order valence-electron chi connectivity index (χ1n) is 9.25. The summed E-state index contributed by atoms with van der Waals surface area (Å²) in [5.41, 5.74) is 2.82. The molecule has 0 saturated carbocycles. The number of ether oxygens (including phenoxy) is 1. The number of hydrogen-bond acceptors (Lipinski definition) is 3. The van der Waals surface area contributed by atoms with Gasteiger partial charge in [0.25, 0.3) is 0 Å². The summed E-state index contributed by atoms with van der Waals surface area (Å²) in [5, 5.41) is 3.81. The summed E-state index contributed by atoms with van der Waals surface area (Å²) in [6.07, 6.45) is -3.30.